The van der Waals surface area contributed by atoms with Crippen molar-refractivity contribution >= 4 is 5.97 Å². The van der Waals surface area contributed by atoms with Crippen molar-refractivity contribution in [2.75, 3.05) is 6.61 Å². The van der Waals surface area contributed by atoms with Crippen LogP contribution in [0.15, 0.2) is 48.5 Å². The average Bonchev–Trinajstić information content (AvgIpc) is 2.53. The predicted octanol–water partition coefficient (Wildman–Crippen LogP) is 4.89. The van der Waals surface area contributed by atoms with E-state index in [4.69, 9.17) is 9.47 Å². The maximum absolute atomic E-state index is 12.8. The number of halogens is 1. The third-order valence-electron chi connectivity index (χ3n) is 3.56. The van der Waals surface area contributed by atoms with Gasteiger partial charge in [0.1, 0.15) is 17.3 Å². The molecule has 4 heteroatoms. The van der Waals surface area contributed by atoms with Crippen molar-refractivity contribution < 1.29 is 18.7 Å². The first-order chi connectivity index (χ1) is 11.3. The molecule has 0 fully saturated rings. The molecule has 2 rings (SSSR count). The molecule has 0 N–H and O–H groups in total. The second-order valence-electron chi connectivity index (χ2n) is 6.65. The zero-order chi connectivity index (χ0) is 17.6. The van der Waals surface area contributed by atoms with Crippen LogP contribution in [0.5, 0.6) is 11.5 Å². The molecule has 0 amide bonds. The average molecular weight is 330 g/mol. The first kappa shape index (κ1) is 18.0. The number of hydrogen-bond donors (Lipinski definition) is 0. The Morgan fingerprint density at radius 3 is 2.12 bits per heavy atom. The van der Waals surface area contributed by atoms with Crippen molar-refractivity contribution in [1.82, 2.24) is 0 Å². The topological polar surface area (TPSA) is 35.5 Å². The summed E-state index contributed by atoms with van der Waals surface area (Å²) >= 11 is 0. The summed E-state index contributed by atoms with van der Waals surface area (Å²) in [4.78, 5) is 11.7. The smallest absolute Gasteiger partial charge is 0.311 e. The van der Waals surface area contributed by atoms with Crippen LogP contribution in [0.3, 0.4) is 0 Å². The van der Waals surface area contributed by atoms with Crippen molar-refractivity contribution in [3.05, 3.63) is 59.9 Å². The second-order valence-corrected chi connectivity index (χ2v) is 6.65. The number of esters is 1. The van der Waals surface area contributed by atoms with Gasteiger partial charge in [-0.05, 0) is 53.8 Å². The Bertz CT molecular complexity index is 655. The van der Waals surface area contributed by atoms with Crippen molar-refractivity contribution in [2.24, 2.45) is 0 Å². The van der Waals surface area contributed by atoms with Gasteiger partial charge in [0.15, 0.2) is 0 Å². The van der Waals surface area contributed by atoms with Crippen LogP contribution < -0.4 is 9.47 Å². The summed E-state index contributed by atoms with van der Waals surface area (Å²) in [6.07, 6.45) is 0.804. The fraction of sp³-hybridized carbons (Fsp3) is 0.350. The Labute approximate surface area is 142 Å². The largest absolute Gasteiger partial charge is 0.494 e. The van der Waals surface area contributed by atoms with E-state index in [1.807, 2.05) is 12.1 Å². The van der Waals surface area contributed by atoms with Crippen LogP contribution in [0.1, 0.15) is 39.2 Å². The molecule has 0 unspecified atom stereocenters. The SMILES string of the molecule is CC(C)(C)c1ccc(OCCCC(=O)Oc2ccc(F)cc2)cc1. The van der Waals surface area contributed by atoms with Gasteiger partial charge in [-0.2, -0.15) is 0 Å². The molecular formula is C20H23FO3. The Morgan fingerprint density at radius 1 is 0.958 bits per heavy atom. The molecule has 0 saturated carbocycles. The number of rotatable bonds is 6. The van der Waals surface area contributed by atoms with Crippen LogP contribution in [-0.4, -0.2) is 12.6 Å². The first-order valence-corrected chi connectivity index (χ1v) is 8.04. The van der Waals surface area contributed by atoms with E-state index in [-0.39, 0.29) is 23.6 Å². The Balaban J connectivity index is 1.70. The summed E-state index contributed by atoms with van der Waals surface area (Å²) in [5.74, 6) is 0.420. The molecule has 24 heavy (non-hydrogen) atoms. The van der Waals surface area contributed by atoms with E-state index in [9.17, 15) is 9.18 Å². The number of carbonyl (C=O) groups is 1. The van der Waals surface area contributed by atoms with Crippen LogP contribution in [0, 0.1) is 5.82 Å². The van der Waals surface area contributed by atoms with Gasteiger partial charge < -0.3 is 9.47 Å². The molecule has 0 bridgehead atoms. The number of hydrogen-bond acceptors (Lipinski definition) is 3. The second kappa shape index (κ2) is 7.95. The molecule has 0 spiro atoms. The molecular weight excluding hydrogens is 307 g/mol. The molecule has 2 aromatic carbocycles. The minimum atomic E-state index is -0.360. The zero-order valence-electron chi connectivity index (χ0n) is 14.3. The lowest BCUT2D eigenvalue weighted by Crippen LogP contribution is -2.11. The highest BCUT2D eigenvalue weighted by Crippen LogP contribution is 2.24. The zero-order valence-corrected chi connectivity index (χ0v) is 14.3. The van der Waals surface area contributed by atoms with Gasteiger partial charge in [0.2, 0.25) is 0 Å². The number of benzene rings is 2. The van der Waals surface area contributed by atoms with Crippen LogP contribution >= 0.6 is 0 Å². The lowest BCUT2D eigenvalue weighted by Gasteiger charge is -2.19. The van der Waals surface area contributed by atoms with E-state index in [0.29, 0.717) is 18.8 Å². The summed E-state index contributed by atoms with van der Waals surface area (Å²) in [6.45, 7) is 6.92. The molecule has 0 heterocycles. The number of carbonyl (C=O) groups excluding carboxylic acids is 1. The van der Waals surface area contributed by atoms with E-state index < -0.39 is 0 Å². The molecule has 3 nitrogen and oxygen atoms in total. The molecule has 0 aromatic heterocycles. The maximum Gasteiger partial charge on any atom is 0.311 e. The van der Waals surface area contributed by atoms with Crippen LogP contribution in [0.2, 0.25) is 0 Å². The Hall–Kier alpha value is -2.36. The normalized spacial score (nSPS) is 11.2. The summed E-state index contributed by atoms with van der Waals surface area (Å²) < 4.78 is 23.5. The van der Waals surface area contributed by atoms with E-state index in [1.165, 1.54) is 29.8 Å². The maximum atomic E-state index is 12.8. The van der Waals surface area contributed by atoms with Gasteiger partial charge in [0, 0.05) is 6.42 Å². The molecule has 0 aliphatic carbocycles. The molecule has 0 atom stereocenters. The minimum Gasteiger partial charge on any atom is -0.494 e. The van der Waals surface area contributed by atoms with Gasteiger partial charge in [-0.1, -0.05) is 32.9 Å². The molecule has 2 aromatic rings. The van der Waals surface area contributed by atoms with Crippen LogP contribution in [-0.2, 0) is 10.2 Å². The van der Waals surface area contributed by atoms with Crippen molar-refractivity contribution in [3.8, 4) is 11.5 Å². The first-order valence-electron chi connectivity index (χ1n) is 8.04. The van der Waals surface area contributed by atoms with Crippen LogP contribution in [0.4, 0.5) is 4.39 Å². The fourth-order valence-corrected chi connectivity index (χ4v) is 2.14. The highest BCUT2D eigenvalue weighted by Gasteiger charge is 2.13. The summed E-state index contributed by atoms with van der Waals surface area (Å²) in [5.41, 5.74) is 1.36. The van der Waals surface area contributed by atoms with Crippen LogP contribution in [0.25, 0.3) is 0 Å². The summed E-state index contributed by atoms with van der Waals surface area (Å²) in [5, 5.41) is 0. The Kier molecular flexibility index (Phi) is 5.96. The van der Waals surface area contributed by atoms with Gasteiger partial charge in [0.25, 0.3) is 0 Å². The monoisotopic (exact) mass is 330 g/mol. The third-order valence-corrected chi connectivity index (χ3v) is 3.56. The molecule has 0 radical (unpaired) electrons. The standard InChI is InChI=1S/C20H23FO3/c1-20(2,3)15-6-10-17(11-7-15)23-14-4-5-19(22)24-18-12-8-16(21)9-13-18/h6-13H,4-5,14H2,1-3H3. The quantitative estimate of drug-likeness (QED) is 0.430. The molecule has 128 valence electrons. The molecule has 0 saturated heterocycles. The van der Waals surface area contributed by atoms with E-state index in [2.05, 4.69) is 32.9 Å². The lowest BCUT2D eigenvalue weighted by molar-refractivity contribution is -0.134. The Morgan fingerprint density at radius 2 is 1.54 bits per heavy atom. The van der Waals surface area contributed by atoms with E-state index in [1.54, 1.807) is 0 Å². The van der Waals surface area contributed by atoms with E-state index >= 15 is 0 Å². The highest BCUT2D eigenvalue weighted by atomic mass is 19.1. The highest BCUT2D eigenvalue weighted by molar-refractivity contribution is 5.72. The molecule has 0 aliphatic rings. The minimum absolute atomic E-state index is 0.114. The van der Waals surface area contributed by atoms with Gasteiger partial charge in [-0.25, -0.2) is 4.39 Å². The predicted molar refractivity (Wildman–Crippen MR) is 91.9 cm³/mol. The van der Waals surface area contributed by atoms with E-state index in [0.717, 1.165) is 5.75 Å². The summed E-state index contributed by atoms with van der Waals surface area (Å²) in [7, 11) is 0. The fourth-order valence-electron chi connectivity index (χ4n) is 2.14. The molecule has 0 aliphatic heterocycles. The van der Waals surface area contributed by atoms with Gasteiger partial charge in [-0.15, -0.1) is 0 Å². The van der Waals surface area contributed by atoms with Gasteiger partial charge in [0.05, 0.1) is 6.61 Å². The number of ether oxygens (including phenoxy) is 2. The van der Waals surface area contributed by atoms with Crippen molar-refractivity contribution in [1.29, 1.82) is 0 Å². The third kappa shape index (κ3) is 5.69. The summed E-state index contributed by atoms with van der Waals surface area (Å²) in [6, 6.07) is 13.4. The van der Waals surface area contributed by atoms with Gasteiger partial charge in [-0.3, -0.25) is 4.79 Å². The van der Waals surface area contributed by atoms with Crippen molar-refractivity contribution in [2.45, 2.75) is 39.0 Å². The van der Waals surface area contributed by atoms with Crippen molar-refractivity contribution in [3.63, 3.8) is 0 Å². The van der Waals surface area contributed by atoms with Gasteiger partial charge >= 0.3 is 5.97 Å². The lowest BCUT2D eigenvalue weighted by atomic mass is 9.87.